The molecule has 0 unspecified atom stereocenters. The summed E-state index contributed by atoms with van der Waals surface area (Å²) in [6.45, 7) is 74.8. The molecule has 806 valence electrons. The van der Waals surface area contributed by atoms with Crippen LogP contribution in [0.15, 0.2) is 170 Å². The number of hydrogen-bond acceptors (Lipinski definition) is 23. The molecule has 13 aliphatic rings. The van der Waals surface area contributed by atoms with Crippen LogP contribution in [0, 0.1) is 89.8 Å². The average molecular weight is 2320 g/mol. The van der Waals surface area contributed by atoms with Crippen molar-refractivity contribution in [2.45, 2.75) is 112 Å². The number of benzene rings is 8. The van der Waals surface area contributed by atoms with Gasteiger partial charge in [0.2, 0.25) is 25.1 Å². The second kappa shape index (κ2) is 62.0. The molecule has 23 nitrogen and oxygen atoms in total. The maximum atomic E-state index is 6.19. The molecule has 11 fully saturated rings. The molecule has 11 saturated heterocycles. The summed E-state index contributed by atoms with van der Waals surface area (Å²) in [5.41, 5.74) is 31.7. The number of anilines is 4. The van der Waals surface area contributed by atoms with Crippen LogP contribution in [0.4, 0.5) is 22.7 Å². The molecule has 0 aromatic heterocycles. The van der Waals surface area contributed by atoms with Crippen LogP contribution in [0.5, 0.6) is 0 Å². The molecular weight excluding hydrogens is 2150 g/mol. The normalized spacial score (nSPS) is 19.7. The summed E-state index contributed by atoms with van der Waals surface area (Å²) in [5, 5.41) is 0. The third kappa shape index (κ3) is 33.6. The SMILES string of the molecule is C.C.C1CN([PH+](N2CCOCC2)N2CCOCC2)CCO1.C1CN([PH+](N2CCOCC2)N2CCOCC2)CCO1.C1CN([PH+](N2CCOCC2)N2CCOCC2)CCO1.CCOCC.Cc1cc(C)c(N2CCN(c3c(C)cc(C)cc3C)C2)c(C)c1.Cc1cc(C)c(N2[CH-]N(c3c(C)cc(C)cc3C)CC2)c(C)c1.[Cl][Ru]([Cl])=[C]1C=C(c2ccccc2)c2ccccc21.[Cl][Ru]([Cl])=[C]1C=C(c2ccccc2)c2ccccc21. The van der Waals surface area contributed by atoms with Gasteiger partial charge in [-0.25, -0.2) is 0 Å². The first-order valence-corrected chi connectivity index (χ1v) is 66.6. The van der Waals surface area contributed by atoms with Crippen molar-refractivity contribution in [3.05, 3.63) is 277 Å². The molecule has 21 rings (SSSR count). The van der Waals surface area contributed by atoms with Gasteiger partial charge < -0.3 is 67.0 Å². The number of rotatable bonds is 17. The van der Waals surface area contributed by atoms with Gasteiger partial charge in [-0.2, -0.15) is 6.67 Å². The summed E-state index contributed by atoms with van der Waals surface area (Å²) in [6.07, 6.45) is 4.30. The van der Waals surface area contributed by atoms with Crippen LogP contribution in [0.3, 0.4) is 0 Å². The average Bonchev–Trinajstić information content (AvgIpc) is 1.39. The van der Waals surface area contributed by atoms with E-state index >= 15 is 0 Å². The quantitative estimate of drug-likeness (QED) is 0.0485. The number of ether oxygens (including phenoxy) is 10. The summed E-state index contributed by atoms with van der Waals surface area (Å²) in [5.74, 6) is 0. The van der Waals surface area contributed by atoms with E-state index in [-0.39, 0.29) is 14.9 Å². The van der Waals surface area contributed by atoms with Gasteiger partial charge in [-0.15, -0.1) is 42.0 Å². The van der Waals surface area contributed by atoms with E-state index in [0.29, 0.717) is 0 Å². The van der Waals surface area contributed by atoms with E-state index in [9.17, 15) is 0 Å². The van der Waals surface area contributed by atoms with Gasteiger partial charge in [-0.05, 0) is 141 Å². The van der Waals surface area contributed by atoms with E-state index in [1.807, 2.05) is 62.4 Å². The molecule has 11 heterocycles. The van der Waals surface area contributed by atoms with E-state index in [0.717, 1.165) is 291 Å². The molecule has 0 saturated carbocycles. The Labute approximate surface area is 905 Å². The number of nitrogens with zero attached hydrogens (tertiary/aromatic N) is 13. The monoisotopic (exact) mass is 2320 g/mol. The van der Waals surface area contributed by atoms with Crippen LogP contribution in [0.25, 0.3) is 11.1 Å². The van der Waals surface area contributed by atoms with Gasteiger partial charge in [0, 0.05) is 62.1 Å². The van der Waals surface area contributed by atoms with Crippen LogP contribution >= 0.6 is 63.9 Å². The first kappa shape index (κ1) is 120. The Hall–Kier alpha value is -4.88. The molecule has 0 atom stereocenters. The zero-order chi connectivity index (χ0) is 101. The molecular formula is C114H168Cl4N13O10P3Ru2+2. The predicted octanol–water partition coefficient (Wildman–Crippen LogP) is 21.1. The molecule has 146 heavy (non-hydrogen) atoms. The standard InChI is InChI=1S/C21H28N2.C21H27N2.2C15H10.3C12H24N3O3P.C4H10O.2CH4.4ClH.2Ru/c2*1-14-9-16(3)20(17(4)10-14)22-7-8-23(13-22)21-18(5)11-15(2)12-19(21)6;2*1-2-6-12(7-3-1)15-11-10-13-8-4-5-9-14(13)15;3*1-7-16-8-2-13(1)19(14-3-9-17-10-4-14)15-5-11-18-12-6-15;1-3-5-4-2;;;;;;;;/h9-12H,7-8,13H2,1-6H3;9-13H,7-8H2,1-6H3;2*1-9,11H;3*1-12H2;3-4H2,1-2H3;2*1H4;4*1H;;/q;-1;;;;;;;;;;;;;2*+2/p-1. The van der Waals surface area contributed by atoms with Crippen LogP contribution < -0.4 is 19.6 Å². The third-order valence-electron chi connectivity index (χ3n) is 27.6. The number of allylic oxidation sites excluding steroid dienone is 2. The molecule has 0 bridgehead atoms. The molecule has 0 spiro atoms. The van der Waals surface area contributed by atoms with Crippen molar-refractivity contribution >= 4 is 106 Å². The summed E-state index contributed by atoms with van der Waals surface area (Å²) in [7, 11) is 22.4. The number of aryl methyl sites for hydroxylation is 12. The Balaban J connectivity index is 0.000000150. The van der Waals surface area contributed by atoms with Gasteiger partial charge in [0.25, 0.3) is 0 Å². The number of fused-ring (bicyclic) bond motifs is 2. The third-order valence-corrected chi connectivity index (χ3v) is 42.9. The van der Waals surface area contributed by atoms with Crippen LogP contribution in [0.1, 0.15) is 129 Å². The topological polar surface area (TPSA) is 134 Å². The Morgan fingerprint density at radius 1 is 0.267 bits per heavy atom. The fraction of sp³-hybridized carbons (Fsp3) is 0.518. The summed E-state index contributed by atoms with van der Waals surface area (Å²) >= 11 is -3.76. The van der Waals surface area contributed by atoms with Gasteiger partial charge in [0.1, 0.15) is 0 Å². The molecule has 32 heteroatoms. The molecule has 8 aromatic carbocycles. The fourth-order valence-electron chi connectivity index (χ4n) is 21.6. The van der Waals surface area contributed by atoms with Crippen molar-refractivity contribution < 1.29 is 74.4 Å². The Bertz CT molecular complexity index is 4750. The van der Waals surface area contributed by atoms with Crippen molar-refractivity contribution in [2.24, 2.45) is 0 Å². The van der Waals surface area contributed by atoms with Crippen molar-refractivity contribution in [1.29, 1.82) is 0 Å². The van der Waals surface area contributed by atoms with E-state index in [2.05, 4.69) is 273 Å². The van der Waals surface area contributed by atoms with Crippen molar-refractivity contribution in [2.75, 3.05) is 302 Å². The summed E-state index contributed by atoms with van der Waals surface area (Å²) in [6, 6.07) is 55.7. The molecule has 8 aromatic rings. The number of hydrogen-bond donors (Lipinski definition) is 0. The summed E-state index contributed by atoms with van der Waals surface area (Å²) < 4.78 is 80.6. The zero-order valence-corrected chi connectivity index (χ0v) is 97.3. The van der Waals surface area contributed by atoms with E-state index < -0.39 is 52.2 Å². The first-order chi connectivity index (χ1) is 70.0. The first-order valence-electron chi connectivity index (χ1n) is 51.8. The zero-order valence-electron chi connectivity index (χ0n) is 87.8. The van der Waals surface area contributed by atoms with Gasteiger partial charge in [-0.3, -0.25) is 0 Å². The Morgan fingerprint density at radius 3 is 0.664 bits per heavy atom. The van der Waals surface area contributed by atoms with Gasteiger partial charge in [-0.1, -0.05) is 85.6 Å². The van der Waals surface area contributed by atoms with E-state index in [1.165, 1.54) is 134 Å². The van der Waals surface area contributed by atoms with Crippen LogP contribution in [-0.4, -0.2) is 333 Å². The van der Waals surface area contributed by atoms with Gasteiger partial charge in [0.05, 0.1) is 243 Å². The summed E-state index contributed by atoms with van der Waals surface area (Å²) in [4.78, 5) is 9.87. The van der Waals surface area contributed by atoms with Crippen molar-refractivity contribution in [3.8, 4) is 0 Å². The number of halogens is 4. The van der Waals surface area contributed by atoms with Gasteiger partial charge >= 0.3 is 240 Å². The molecule has 0 amide bonds. The predicted molar refractivity (Wildman–Crippen MR) is 615 cm³/mol. The molecule has 2 aliphatic carbocycles. The Kier molecular flexibility index (Phi) is 50.9. The van der Waals surface area contributed by atoms with E-state index in [4.69, 9.17) is 86.1 Å². The van der Waals surface area contributed by atoms with Crippen LogP contribution in [0.2, 0.25) is 0 Å². The minimum atomic E-state index is -1.88. The maximum absolute atomic E-state index is 6.19. The van der Waals surface area contributed by atoms with Crippen molar-refractivity contribution in [1.82, 2.24) is 42.0 Å². The van der Waals surface area contributed by atoms with Crippen molar-refractivity contribution in [3.63, 3.8) is 0 Å². The second-order valence-corrected chi connectivity index (χ2v) is 57.3. The second-order valence-electron chi connectivity index (χ2n) is 38.2. The Morgan fingerprint density at radius 2 is 0.466 bits per heavy atom. The molecule has 0 radical (unpaired) electrons. The minimum absolute atomic E-state index is 0. The van der Waals surface area contributed by atoms with Gasteiger partial charge in [0.15, 0.2) is 0 Å². The fourth-order valence-corrected chi connectivity index (χ4v) is 35.4. The number of morpholine rings is 9. The van der Waals surface area contributed by atoms with E-state index in [1.54, 1.807) is 0 Å². The molecule has 0 N–H and O–H groups in total. The molecule has 11 aliphatic heterocycles. The van der Waals surface area contributed by atoms with Crippen LogP contribution in [-0.2, 0) is 74.4 Å².